The molecule has 0 spiro atoms. The van der Waals surface area contributed by atoms with E-state index in [9.17, 15) is 14.3 Å². The highest BCUT2D eigenvalue weighted by Crippen LogP contribution is 2.41. The van der Waals surface area contributed by atoms with Crippen molar-refractivity contribution in [3.05, 3.63) is 87.4 Å². The molecule has 3 heterocycles. The van der Waals surface area contributed by atoms with Crippen molar-refractivity contribution in [1.29, 1.82) is 0 Å². The normalized spacial score (nSPS) is 18.4. The number of carbonyl (C=O) groups is 1. The largest absolute Gasteiger partial charge is 0.507 e. The third-order valence-corrected chi connectivity index (χ3v) is 7.07. The van der Waals surface area contributed by atoms with Crippen LogP contribution < -0.4 is 14.4 Å². The van der Waals surface area contributed by atoms with Crippen LogP contribution in [0.2, 0.25) is 5.02 Å². The zero-order valence-electron chi connectivity index (χ0n) is 19.9. The minimum atomic E-state index is -0.266. The Morgan fingerprint density at radius 2 is 1.81 bits per heavy atom. The fourth-order valence-electron chi connectivity index (χ4n) is 4.95. The van der Waals surface area contributed by atoms with Gasteiger partial charge >= 0.3 is 0 Å². The predicted octanol–water partition coefficient (Wildman–Crippen LogP) is 4.99. The van der Waals surface area contributed by atoms with Gasteiger partial charge in [0.1, 0.15) is 23.1 Å². The summed E-state index contributed by atoms with van der Waals surface area (Å²) in [7, 11) is 0. The van der Waals surface area contributed by atoms with Crippen LogP contribution in [0, 0.1) is 5.82 Å². The van der Waals surface area contributed by atoms with Gasteiger partial charge in [-0.3, -0.25) is 9.69 Å². The van der Waals surface area contributed by atoms with Crippen molar-refractivity contribution >= 4 is 29.1 Å². The number of halogens is 2. The van der Waals surface area contributed by atoms with Gasteiger partial charge in [-0.2, -0.15) is 0 Å². The molecule has 0 radical (unpaired) electrons. The molecule has 1 fully saturated rings. The number of allylic oxidation sites excluding steroid dienone is 1. The van der Waals surface area contributed by atoms with Gasteiger partial charge in [-0.15, -0.1) is 0 Å². The number of nitrogens with zero attached hydrogens (tertiary/aromatic N) is 2. The summed E-state index contributed by atoms with van der Waals surface area (Å²) in [5.41, 5.74) is 3.38. The highest BCUT2D eigenvalue weighted by molar-refractivity contribution is 6.31. The van der Waals surface area contributed by atoms with E-state index < -0.39 is 0 Å². The molecule has 0 unspecified atom stereocenters. The van der Waals surface area contributed by atoms with Gasteiger partial charge in [-0.1, -0.05) is 11.6 Å². The number of carbonyl (C=O) groups excluding carboxylic acids is 1. The summed E-state index contributed by atoms with van der Waals surface area (Å²) in [5, 5.41) is 11.2. The van der Waals surface area contributed by atoms with Crippen LogP contribution >= 0.6 is 11.6 Å². The van der Waals surface area contributed by atoms with Gasteiger partial charge in [-0.25, -0.2) is 4.39 Å². The fourth-order valence-corrected chi connectivity index (χ4v) is 5.20. The van der Waals surface area contributed by atoms with E-state index in [-0.39, 0.29) is 29.9 Å². The van der Waals surface area contributed by atoms with Gasteiger partial charge in [0.2, 0.25) is 5.78 Å². The Morgan fingerprint density at radius 3 is 2.59 bits per heavy atom. The van der Waals surface area contributed by atoms with E-state index in [1.54, 1.807) is 36.4 Å². The summed E-state index contributed by atoms with van der Waals surface area (Å²) in [6.45, 7) is 3.92. The van der Waals surface area contributed by atoms with E-state index in [0.717, 1.165) is 37.4 Å². The number of ether oxygens (including phenoxy) is 3. The Balaban J connectivity index is 1.22. The molecule has 190 valence electrons. The topological polar surface area (TPSA) is 71.5 Å². The van der Waals surface area contributed by atoms with E-state index in [1.165, 1.54) is 18.2 Å². The van der Waals surface area contributed by atoms with Gasteiger partial charge in [0, 0.05) is 54.6 Å². The summed E-state index contributed by atoms with van der Waals surface area (Å²) in [6.07, 6.45) is 1.63. The summed E-state index contributed by atoms with van der Waals surface area (Å²) < 4.78 is 30.3. The van der Waals surface area contributed by atoms with Crippen molar-refractivity contribution in [3.63, 3.8) is 0 Å². The van der Waals surface area contributed by atoms with Gasteiger partial charge < -0.3 is 24.2 Å². The van der Waals surface area contributed by atoms with Crippen molar-refractivity contribution in [2.75, 3.05) is 37.9 Å². The fraction of sp³-hybridized carbons (Fsp3) is 0.250. The van der Waals surface area contributed by atoms with Crippen LogP contribution in [-0.2, 0) is 17.9 Å². The molecule has 3 aliphatic rings. The van der Waals surface area contributed by atoms with Crippen molar-refractivity contribution < 1.29 is 28.5 Å². The lowest BCUT2D eigenvalue weighted by Gasteiger charge is -2.36. The third-order valence-electron chi connectivity index (χ3n) is 6.85. The number of fused-ring (bicyclic) bond motifs is 2. The molecule has 37 heavy (non-hydrogen) atoms. The molecule has 0 amide bonds. The Kier molecular flexibility index (Phi) is 6.24. The molecular weight excluding hydrogens is 499 g/mol. The van der Waals surface area contributed by atoms with Crippen LogP contribution in [0.25, 0.3) is 6.08 Å². The van der Waals surface area contributed by atoms with Crippen molar-refractivity contribution in [2.24, 2.45) is 0 Å². The summed E-state index contributed by atoms with van der Waals surface area (Å²) in [6, 6.07) is 13.1. The lowest BCUT2D eigenvalue weighted by Crippen LogP contribution is -2.46. The van der Waals surface area contributed by atoms with Crippen molar-refractivity contribution in [3.8, 4) is 17.2 Å². The number of hydrogen-bond acceptors (Lipinski definition) is 7. The van der Waals surface area contributed by atoms with Gasteiger partial charge in [-0.05, 0) is 54.6 Å². The minimum absolute atomic E-state index is 0.0781. The quantitative estimate of drug-likeness (QED) is 0.484. The number of piperazine rings is 1. The molecule has 0 aliphatic carbocycles. The Labute approximate surface area is 218 Å². The van der Waals surface area contributed by atoms with E-state index in [2.05, 4.69) is 9.80 Å². The van der Waals surface area contributed by atoms with Crippen LogP contribution in [0.5, 0.6) is 17.2 Å². The van der Waals surface area contributed by atoms with E-state index >= 15 is 0 Å². The average Bonchev–Trinajstić information content (AvgIpc) is 3.21. The number of ketones is 1. The highest BCUT2D eigenvalue weighted by Gasteiger charge is 2.33. The maximum Gasteiger partial charge on any atom is 0.231 e. The SMILES string of the molecule is O=C1/C(=C/c2cc(Cl)cc3c2OCOC3)Oc2c1ccc(O)c2CN1CCN(c2ccc(F)cc2)CC1. The first-order valence-corrected chi connectivity index (χ1v) is 12.4. The molecule has 0 saturated carbocycles. The van der Waals surface area contributed by atoms with Crippen LogP contribution in [-0.4, -0.2) is 48.8 Å². The minimum Gasteiger partial charge on any atom is -0.507 e. The van der Waals surface area contributed by atoms with Crippen LogP contribution in [0.15, 0.2) is 54.3 Å². The van der Waals surface area contributed by atoms with Crippen LogP contribution in [0.4, 0.5) is 10.1 Å². The summed E-state index contributed by atoms with van der Waals surface area (Å²) in [4.78, 5) is 17.6. The lowest BCUT2D eigenvalue weighted by atomic mass is 10.0. The average molecular weight is 523 g/mol. The third kappa shape index (κ3) is 4.64. The Bertz CT molecular complexity index is 1400. The Morgan fingerprint density at radius 1 is 1.03 bits per heavy atom. The maximum absolute atomic E-state index is 13.3. The van der Waals surface area contributed by atoms with E-state index in [0.29, 0.717) is 46.4 Å². The molecule has 3 aromatic carbocycles. The zero-order valence-corrected chi connectivity index (χ0v) is 20.6. The molecule has 0 atom stereocenters. The second-order valence-electron chi connectivity index (χ2n) is 9.21. The van der Waals surface area contributed by atoms with Gasteiger partial charge in [0.05, 0.1) is 17.7 Å². The molecule has 3 aliphatic heterocycles. The molecule has 1 saturated heterocycles. The van der Waals surface area contributed by atoms with E-state index in [4.69, 9.17) is 25.8 Å². The number of benzene rings is 3. The number of phenols is 1. The molecule has 1 N–H and O–H groups in total. The van der Waals surface area contributed by atoms with Crippen molar-refractivity contribution in [2.45, 2.75) is 13.2 Å². The second-order valence-corrected chi connectivity index (χ2v) is 9.65. The van der Waals surface area contributed by atoms with Crippen LogP contribution in [0.3, 0.4) is 0 Å². The molecular formula is C28H24ClFN2O5. The highest BCUT2D eigenvalue weighted by atomic mass is 35.5. The second kappa shape index (κ2) is 9.70. The molecule has 7 nitrogen and oxygen atoms in total. The molecule has 9 heteroatoms. The van der Waals surface area contributed by atoms with Gasteiger partial charge in [0.15, 0.2) is 12.6 Å². The van der Waals surface area contributed by atoms with Crippen LogP contribution in [0.1, 0.15) is 27.0 Å². The number of rotatable bonds is 4. The molecule has 0 bridgehead atoms. The first-order valence-electron chi connectivity index (χ1n) is 12.0. The number of phenolic OH excluding ortho intramolecular Hbond substituents is 1. The van der Waals surface area contributed by atoms with Gasteiger partial charge in [0.25, 0.3) is 0 Å². The maximum atomic E-state index is 13.3. The molecule has 6 rings (SSSR count). The Hall–Kier alpha value is -3.59. The monoisotopic (exact) mass is 522 g/mol. The molecule has 0 aromatic heterocycles. The smallest absolute Gasteiger partial charge is 0.231 e. The number of aromatic hydroxyl groups is 1. The number of hydrogen-bond donors (Lipinski definition) is 1. The zero-order chi connectivity index (χ0) is 25.5. The predicted molar refractivity (Wildman–Crippen MR) is 137 cm³/mol. The number of anilines is 1. The van der Waals surface area contributed by atoms with Crippen molar-refractivity contribution in [1.82, 2.24) is 4.90 Å². The molecule has 3 aromatic rings. The number of Topliss-reactive ketones (excluding diaryl/α,β-unsaturated/α-hetero) is 1. The summed E-state index contributed by atoms with van der Waals surface area (Å²) >= 11 is 6.28. The summed E-state index contributed by atoms with van der Waals surface area (Å²) in [5.74, 6) is 0.681. The standard InChI is InChI=1S/C28H24ClFN2O5/c29-19-11-17(27-18(12-19)15-35-16-36-27)13-25-26(34)22-5-6-24(33)23(28(22)37-25)14-31-7-9-32(10-8-31)21-3-1-20(30)2-4-21/h1-6,11-13,33H,7-10,14-16H2/b25-13-. The van der Waals surface area contributed by atoms with E-state index in [1.807, 2.05) is 0 Å². The first kappa shape index (κ1) is 23.8. The lowest BCUT2D eigenvalue weighted by molar-refractivity contribution is -0.0165. The first-order chi connectivity index (χ1) is 18.0.